The largest absolute Gasteiger partial charge is 0.310 e. The highest BCUT2D eigenvalue weighted by Gasteiger charge is 2.24. The Balaban J connectivity index is 1.32. The molecule has 0 aliphatic carbocycles. The predicted molar refractivity (Wildman–Crippen MR) is 227 cm³/mol. The maximum Gasteiger partial charge on any atom is 0.0546 e. The van der Waals surface area contributed by atoms with Gasteiger partial charge in [0.05, 0.1) is 5.69 Å². The van der Waals surface area contributed by atoms with Crippen molar-refractivity contribution in [2.75, 3.05) is 4.90 Å². The summed E-state index contributed by atoms with van der Waals surface area (Å²) in [5, 5.41) is 9.98. The summed E-state index contributed by atoms with van der Waals surface area (Å²) in [5.74, 6) is 0. The first-order chi connectivity index (χ1) is 26.3. The van der Waals surface area contributed by atoms with Gasteiger partial charge in [-0.2, -0.15) is 0 Å². The minimum Gasteiger partial charge on any atom is -0.310 e. The molecular formula is C52H35N. The minimum atomic E-state index is 1.10. The van der Waals surface area contributed by atoms with Crippen LogP contribution < -0.4 is 4.90 Å². The molecule has 0 saturated carbocycles. The average Bonchev–Trinajstić information content (AvgIpc) is 3.24. The highest BCUT2D eigenvalue weighted by Crippen LogP contribution is 2.50. The van der Waals surface area contributed by atoms with Crippen LogP contribution in [0.5, 0.6) is 0 Å². The maximum atomic E-state index is 2.43. The molecule has 0 aliphatic rings. The Labute approximate surface area is 309 Å². The number of benzene rings is 10. The molecule has 248 valence electrons. The van der Waals surface area contributed by atoms with Crippen LogP contribution in [0.15, 0.2) is 212 Å². The van der Waals surface area contributed by atoms with Crippen LogP contribution >= 0.6 is 0 Å². The molecule has 0 atom stereocenters. The van der Waals surface area contributed by atoms with E-state index >= 15 is 0 Å². The Bertz CT molecular complexity index is 2930. The summed E-state index contributed by atoms with van der Waals surface area (Å²) in [6, 6.07) is 77.4. The van der Waals surface area contributed by atoms with E-state index in [4.69, 9.17) is 0 Å². The van der Waals surface area contributed by atoms with E-state index in [2.05, 4.69) is 217 Å². The first-order valence-corrected chi connectivity index (χ1v) is 18.3. The minimum absolute atomic E-state index is 1.10. The number of nitrogens with zero attached hydrogens (tertiary/aromatic N) is 1. The van der Waals surface area contributed by atoms with Gasteiger partial charge in [0, 0.05) is 16.9 Å². The molecule has 0 saturated heterocycles. The lowest BCUT2D eigenvalue weighted by molar-refractivity contribution is 1.28. The summed E-state index contributed by atoms with van der Waals surface area (Å²) in [6.07, 6.45) is 0. The number of anilines is 3. The fourth-order valence-electron chi connectivity index (χ4n) is 8.21. The standard InChI is InChI=1S/C52H35N/c1-3-16-36(17-4-1)37-30-32-41(33-31-37)53(40-20-5-2-6-21-40)51-29-15-28-48(49-34-38-18-7-9-22-42(38)44-24-11-13-26-46(44)49)52(51)50-35-39-19-8-10-23-43(39)45-25-12-14-27-47(45)50/h1-35H. The van der Waals surface area contributed by atoms with Crippen molar-refractivity contribution in [3.8, 4) is 33.4 Å². The number of fused-ring (bicyclic) bond motifs is 6. The van der Waals surface area contributed by atoms with Gasteiger partial charge in [-0.25, -0.2) is 0 Å². The Morgan fingerprint density at radius 3 is 1.34 bits per heavy atom. The summed E-state index contributed by atoms with van der Waals surface area (Å²) in [7, 11) is 0. The van der Waals surface area contributed by atoms with Gasteiger partial charge in [-0.05, 0) is 113 Å². The van der Waals surface area contributed by atoms with Crippen molar-refractivity contribution in [3.05, 3.63) is 212 Å². The van der Waals surface area contributed by atoms with E-state index in [9.17, 15) is 0 Å². The SMILES string of the molecule is c1ccc(-c2ccc(N(c3ccccc3)c3cccc(-c4cc5ccccc5c5ccccc45)c3-c3cc4ccccc4c4ccccc34)cc2)cc1. The lowest BCUT2D eigenvalue weighted by atomic mass is 9.85. The highest BCUT2D eigenvalue weighted by atomic mass is 15.1. The van der Waals surface area contributed by atoms with Crippen molar-refractivity contribution in [1.29, 1.82) is 0 Å². The van der Waals surface area contributed by atoms with Crippen LogP contribution in [-0.2, 0) is 0 Å². The smallest absolute Gasteiger partial charge is 0.0546 e. The molecule has 10 rings (SSSR count). The number of rotatable bonds is 6. The third-order valence-electron chi connectivity index (χ3n) is 10.6. The van der Waals surface area contributed by atoms with Gasteiger partial charge in [-0.1, -0.05) is 170 Å². The molecule has 0 N–H and O–H groups in total. The molecule has 10 aromatic carbocycles. The lowest BCUT2D eigenvalue weighted by Crippen LogP contribution is -2.12. The summed E-state index contributed by atoms with van der Waals surface area (Å²) in [4.78, 5) is 2.43. The van der Waals surface area contributed by atoms with Crippen molar-refractivity contribution in [1.82, 2.24) is 0 Å². The molecule has 0 bridgehead atoms. The normalized spacial score (nSPS) is 11.4. The molecular weight excluding hydrogens is 639 g/mol. The second kappa shape index (κ2) is 13.0. The average molecular weight is 674 g/mol. The Morgan fingerprint density at radius 2 is 0.717 bits per heavy atom. The second-order valence-corrected chi connectivity index (χ2v) is 13.7. The van der Waals surface area contributed by atoms with Crippen molar-refractivity contribution in [2.45, 2.75) is 0 Å². The molecule has 1 heteroatoms. The summed E-state index contributed by atoms with van der Waals surface area (Å²) in [6.45, 7) is 0. The van der Waals surface area contributed by atoms with Gasteiger partial charge >= 0.3 is 0 Å². The van der Waals surface area contributed by atoms with Crippen molar-refractivity contribution >= 4 is 60.2 Å². The monoisotopic (exact) mass is 673 g/mol. The molecule has 0 heterocycles. The quantitative estimate of drug-likeness (QED) is 0.159. The molecule has 1 nitrogen and oxygen atoms in total. The van der Waals surface area contributed by atoms with Gasteiger partial charge in [0.15, 0.2) is 0 Å². The van der Waals surface area contributed by atoms with Crippen LogP contribution in [-0.4, -0.2) is 0 Å². The van der Waals surface area contributed by atoms with Crippen LogP contribution in [0.4, 0.5) is 17.1 Å². The number of para-hydroxylation sites is 1. The fourth-order valence-corrected chi connectivity index (χ4v) is 8.21. The third kappa shape index (κ3) is 5.34. The zero-order chi connectivity index (χ0) is 35.1. The zero-order valence-electron chi connectivity index (χ0n) is 29.2. The Kier molecular flexibility index (Phi) is 7.55. The van der Waals surface area contributed by atoms with E-state index in [-0.39, 0.29) is 0 Å². The topological polar surface area (TPSA) is 3.24 Å². The van der Waals surface area contributed by atoms with E-state index < -0.39 is 0 Å². The van der Waals surface area contributed by atoms with E-state index in [1.807, 2.05) is 0 Å². The van der Waals surface area contributed by atoms with Crippen molar-refractivity contribution in [2.24, 2.45) is 0 Å². The third-order valence-corrected chi connectivity index (χ3v) is 10.6. The first kappa shape index (κ1) is 30.8. The molecule has 53 heavy (non-hydrogen) atoms. The van der Waals surface area contributed by atoms with E-state index in [1.54, 1.807) is 0 Å². The van der Waals surface area contributed by atoms with Gasteiger partial charge in [0.25, 0.3) is 0 Å². The summed E-state index contributed by atoms with van der Waals surface area (Å²) in [5.41, 5.74) is 10.6. The number of hydrogen-bond acceptors (Lipinski definition) is 1. The lowest BCUT2D eigenvalue weighted by Gasteiger charge is -2.30. The molecule has 0 aromatic heterocycles. The second-order valence-electron chi connectivity index (χ2n) is 13.7. The Morgan fingerprint density at radius 1 is 0.264 bits per heavy atom. The summed E-state index contributed by atoms with van der Waals surface area (Å²) < 4.78 is 0. The predicted octanol–water partition coefficient (Wildman–Crippen LogP) is 14.8. The highest BCUT2D eigenvalue weighted by molar-refractivity contribution is 6.19. The zero-order valence-corrected chi connectivity index (χ0v) is 29.2. The first-order valence-electron chi connectivity index (χ1n) is 18.3. The Hall–Kier alpha value is -6.96. The molecule has 0 fully saturated rings. The van der Waals surface area contributed by atoms with Crippen LogP contribution in [0, 0.1) is 0 Å². The van der Waals surface area contributed by atoms with Crippen LogP contribution in [0.2, 0.25) is 0 Å². The molecule has 0 spiro atoms. The molecule has 10 aromatic rings. The van der Waals surface area contributed by atoms with Crippen molar-refractivity contribution in [3.63, 3.8) is 0 Å². The molecule has 0 aliphatic heterocycles. The van der Waals surface area contributed by atoms with Gasteiger partial charge in [-0.3, -0.25) is 0 Å². The van der Waals surface area contributed by atoms with Crippen LogP contribution in [0.1, 0.15) is 0 Å². The maximum absolute atomic E-state index is 2.43. The van der Waals surface area contributed by atoms with Gasteiger partial charge in [0.1, 0.15) is 0 Å². The van der Waals surface area contributed by atoms with Gasteiger partial charge in [-0.15, -0.1) is 0 Å². The number of hydrogen-bond donors (Lipinski definition) is 0. The fraction of sp³-hybridized carbons (Fsp3) is 0. The van der Waals surface area contributed by atoms with E-state index in [0.29, 0.717) is 0 Å². The van der Waals surface area contributed by atoms with Gasteiger partial charge in [0.2, 0.25) is 0 Å². The van der Waals surface area contributed by atoms with Crippen LogP contribution in [0.3, 0.4) is 0 Å². The molecule has 0 unspecified atom stereocenters. The summed E-state index contributed by atoms with van der Waals surface area (Å²) >= 11 is 0. The van der Waals surface area contributed by atoms with Crippen molar-refractivity contribution < 1.29 is 0 Å². The molecule has 0 amide bonds. The van der Waals surface area contributed by atoms with Crippen LogP contribution in [0.25, 0.3) is 76.5 Å². The van der Waals surface area contributed by atoms with E-state index in [1.165, 1.54) is 76.5 Å². The van der Waals surface area contributed by atoms with E-state index in [0.717, 1.165) is 17.1 Å². The molecule has 0 radical (unpaired) electrons. The van der Waals surface area contributed by atoms with Gasteiger partial charge < -0.3 is 4.90 Å².